The number of hydrogen-bond acceptors (Lipinski definition) is 12. The Bertz CT molecular complexity index is 2420. The van der Waals surface area contributed by atoms with Gasteiger partial charge in [-0.25, -0.2) is 18.2 Å². The smallest absolute Gasteiger partial charge is 0.472 e. The molecule has 4 aliphatic rings. The molecule has 16 nitrogen and oxygen atoms in total. The molecule has 1 saturated heterocycles. The number of sulfonamides is 1. The van der Waals surface area contributed by atoms with Crippen molar-refractivity contribution in [2.45, 2.75) is 100 Å². The zero-order valence-corrected chi connectivity index (χ0v) is 37.3. The second-order valence-electron chi connectivity index (χ2n) is 18.1. The number of ether oxygens (including phenoxy) is 3. The number of nitrogens with zero attached hydrogens (tertiary/aromatic N) is 4. The molecule has 3 heterocycles. The minimum Gasteiger partial charge on any atom is -0.472 e. The van der Waals surface area contributed by atoms with Gasteiger partial charge in [-0.3, -0.25) is 19.1 Å². The van der Waals surface area contributed by atoms with E-state index in [0.717, 1.165) is 5.69 Å². The highest BCUT2D eigenvalue weighted by atomic mass is 32.2. The van der Waals surface area contributed by atoms with E-state index in [-0.39, 0.29) is 31.8 Å². The number of pyridine rings is 1. The van der Waals surface area contributed by atoms with E-state index >= 15 is 0 Å². The Morgan fingerprint density at radius 2 is 1.73 bits per heavy atom. The lowest BCUT2D eigenvalue weighted by molar-refractivity contribution is -0.274. The number of nitrogens with one attached hydrogen (secondary N) is 3. The van der Waals surface area contributed by atoms with E-state index < -0.39 is 86.4 Å². The van der Waals surface area contributed by atoms with Crippen molar-refractivity contribution in [2.75, 3.05) is 45.7 Å². The molecule has 20 heteroatoms. The van der Waals surface area contributed by atoms with Crippen LogP contribution in [0.4, 0.5) is 23.7 Å². The van der Waals surface area contributed by atoms with Crippen molar-refractivity contribution in [3.63, 3.8) is 0 Å². The molecule has 0 bridgehead atoms. The summed E-state index contributed by atoms with van der Waals surface area (Å²) in [5.74, 6) is -3.02. The maximum atomic E-state index is 14.8. The summed E-state index contributed by atoms with van der Waals surface area (Å²) < 4.78 is 83.2. The van der Waals surface area contributed by atoms with Crippen LogP contribution in [-0.2, 0) is 29.1 Å². The molecule has 0 radical (unpaired) electrons. The Morgan fingerprint density at radius 3 is 2.39 bits per heavy atom. The van der Waals surface area contributed by atoms with Gasteiger partial charge < -0.3 is 39.5 Å². The van der Waals surface area contributed by atoms with Crippen molar-refractivity contribution in [3.8, 4) is 22.9 Å². The maximum absolute atomic E-state index is 14.8. The third kappa shape index (κ3) is 11.0. The number of halogens is 3. The van der Waals surface area contributed by atoms with Crippen LogP contribution >= 0.6 is 0 Å². The molecule has 3 aromatic rings. The Balaban J connectivity index is 1.25. The highest BCUT2D eigenvalue weighted by molar-refractivity contribution is 7.91. The lowest BCUT2D eigenvalue weighted by Gasteiger charge is -2.32. The van der Waals surface area contributed by atoms with Gasteiger partial charge >= 0.3 is 12.5 Å². The average Bonchev–Trinajstić information content (AvgIpc) is 4.12. The topological polar surface area (TPSA) is 189 Å². The molecule has 4 amide bonds. The molecule has 0 unspecified atom stereocenters. The van der Waals surface area contributed by atoms with E-state index in [1.165, 1.54) is 29.2 Å². The first-order valence-corrected chi connectivity index (χ1v) is 22.7. The SMILES string of the molecule is CN1CCC/C=C\[C@@H]2C[C@@]2(C(=O)NS(=O)(=O)C2CC2)NC(=O)[C@@H]2C[C@@H](Oc3nc(-c4ccc(OC(F)(F)F)cc4)cc4cc(N(C)C)ccc34)CN2C(=O)[C@@H](NC(=O)OC(C)(C)C)C1. The predicted molar refractivity (Wildman–Crippen MR) is 231 cm³/mol. The monoisotopic (exact) mass is 913 g/mol. The fourth-order valence-electron chi connectivity index (χ4n) is 8.03. The van der Waals surface area contributed by atoms with Gasteiger partial charge in [0, 0.05) is 49.6 Å². The van der Waals surface area contributed by atoms with Gasteiger partial charge in [0.2, 0.25) is 27.7 Å². The molecule has 346 valence electrons. The zero-order valence-electron chi connectivity index (χ0n) is 36.5. The van der Waals surface area contributed by atoms with Gasteiger partial charge in [-0.15, -0.1) is 13.2 Å². The summed E-state index contributed by atoms with van der Waals surface area (Å²) in [5.41, 5.74) is -0.857. The van der Waals surface area contributed by atoms with E-state index in [0.29, 0.717) is 54.3 Å². The number of allylic oxidation sites excluding steroid dienone is 1. The lowest BCUT2D eigenvalue weighted by Crippen LogP contribution is -2.59. The molecule has 3 fully saturated rings. The zero-order chi connectivity index (χ0) is 46.4. The first-order chi connectivity index (χ1) is 30.0. The highest BCUT2D eigenvalue weighted by Crippen LogP contribution is 2.46. The summed E-state index contributed by atoms with van der Waals surface area (Å²) in [7, 11) is 1.56. The number of alkyl halides is 3. The third-order valence-corrected chi connectivity index (χ3v) is 13.4. The van der Waals surface area contributed by atoms with Crippen LogP contribution in [0.15, 0.2) is 60.7 Å². The molecular formula is C44H54F3N7O9S. The maximum Gasteiger partial charge on any atom is 0.573 e. The van der Waals surface area contributed by atoms with Crippen molar-refractivity contribution < 1.29 is 55.0 Å². The molecule has 2 saturated carbocycles. The van der Waals surface area contributed by atoms with Gasteiger partial charge in [0.05, 0.1) is 17.5 Å². The summed E-state index contributed by atoms with van der Waals surface area (Å²) in [6.07, 6.45) is -0.799. The first kappa shape index (κ1) is 46.4. The Kier molecular flexibility index (Phi) is 12.9. The van der Waals surface area contributed by atoms with Crippen molar-refractivity contribution in [1.82, 2.24) is 30.1 Å². The molecule has 2 aliphatic carbocycles. The van der Waals surface area contributed by atoms with Crippen molar-refractivity contribution in [2.24, 2.45) is 5.92 Å². The summed E-state index contributed by atoms with van der Waals surface area (Å²) >= 11 is 0. The van der Waals surface area contributed by atoms with Gasteiger partial charge in [0.25, 0.3) is 5.91 Å². The van der Waals surface area contributed by atoms with Crippen LogP contribution in [0, 0.1) is 5.92 Å². The standard InChI is InChI=1S/C44H54F3N7O9S/c1-42(2,3)63-41(58)49-35-25-53(6)19-9-7-8-10-28-23-43(28,40(57)51-64(59,60)32-16-17-32)50-37(55)36-22-31(24-54(36)39(35)56)61-38-33-18-13-29(52(4)5)20-27(33)21-34(48-38)26-11-14-30(15-12-26)62-44(45,46)47/h8,10-15,18,20-21,28,31-32,35-36H,7,9,16-17,19,22-25H2,1-6H3,(H,49,58)(H,50,55)(H,51,57)/b10-8-/t28-,31-,35+,36+,43-/m1/s1. The van der Waals surface area contributed by atoms with E-state index in [4.69, 9.17) is 14.5 Å². The number of alkyl carbamates (subject to hydrolysis) is 1. The van der Waals surface area contributed by atoms with Crippen LogP contribution in [0.1, 0.15) is 59.3 Å². The quantitative estimate of drug-likeness (QED) is 0.248. The van der Waals surface area contributed by atoms with Crippen LogP contribution < -0.4 is 29.7 Å². The van der Waals surface area contributed by atoms with Crippen LogP contribution in [0.5, 0.6) is 11.6 Å². The molecule has 1 aromatic heterocycles. The number of carbonyl (C=O) groups excluding carboxylic acids is 4. The van der Waals surface area contributed by atoms with Crippen molar-refractivity contribution in [3.05, 3.63) is 60.7 Å². The lowest BCUT2D eigenvalue weighted by atomic mass is 10.1. The summed E-state index contributed by atoms with van der Waals surface area (Å²) in [4.78, 5) is 66.4. The van der Waals surface area contributed by atoms with Crippen LogP contribution in [0.3, 0.4) is 0 Å². The van der Waals surface area contributed by atoms with Gasteiger partial charge in [-0.05, 0) is 120 Å². The number of carbonyl (C=O) groups is 4. The van der Waals surface area contributed by atoms with Crippen molar-refractivity contribution >= 4 is 50.3 Å². The molecular weight excluding hydrogens is 860 g/mol. The number of benzene rings is 2. The third-order valence-electron chi connectivity index (χ3n) is 11.5. The molecule has 2 aliphatic heterocycles. The first-order valence-electron chi connectivity index (χ1n) is 21.2. The normalized spacial score (nSPS) is 25.2. The molecule has 3 N–H and O–H groups in total. The Labute approximate surface area is 369 Å². The summed E-state index contributed by atoms with van der Waals surface area (Å²) in [6, 6.07) is 10.1. The fourth-order valence-corrected chi connectivity index (χ4v) is 9.40. The minimum absolute atomic E-state index is 0.0569. The number of aromatic nitrogens is 1. The fraction of sp³-hybridized carbons (Fsp3) is 0.523. The predicted octanol–water partition coefficient (Wildman–Crippen LogP) is 4.87. The molecule has 5 atom stereocenters. The number of hydrogen-bond donors (Lipinski definition) is 3. The van der Waals surface area contributed by atoms with Crippen LogP contribution in [-0.4, -0.2) is 129 Å². The number of fused-ring (bicyclic) bond motifs is 3. The molecule has 64 heavy (non-hydrogen) atoms. The second kappa shape index (κ2) is 17.7. The molecule has 2 aromatic carbocycles. The average molecular weight is 914 g/mol. The van der Waals surface area contributed by atoms with Gasteiger partial charge in [0.15, 0.2) is 0 Å². The number of rotatable bonds is 9. The molecule has 0 spiro atoms. The second-order valence-corrected chi connectivity index (χ2v) is 20.1. The molecule has 7 rings (SSSR count). The minimum atomic E-state index is -4.88. The largest absolute Gasteiger partial charge is 0.573 e. The van der Waals surface area contributed by atoms with Gasteiger partial charge in [0.1, 0.15) is 35.1 Å². The summed E-state index contributed by atoms with van der Waals surface area (Å²) in [5, 5.41) is 6.11. The Morgan fingerprint density at radius 1 is 1.02 bits per heavy atom. The van der Waals surface area contributed by atoms with Crippen molar-refractivity contribution in [1.29, 1.82) is 0 Å². The van der Waals surface area contributed by atoms with Gasteiger partial charge in [-0.2, -0.15) is 0 Å². The summed E-state index contributed by atoms with van der Waals surface area (Å²) in [6.45, 7) is 5.47. The van der Waals surface area contributed by atoms with Crippen LogP contribution in [0.2, 0.25) is 0 Å². The van der Waals surface area contributed by atoms with Gasteiger partial charge in [-0.1, -0.05) is 12.2 Å². The van der Waals surface area contributed by atoms with E-state index in [9.17, 15) is 40.8 Å². The Hall–Kier alpha value is -5.63. The van der Waals surface area contributed by atoms with E-state index in [1.807, 2.05) is 48.2 Å². The number of likely N-dealkylation sites (N-methyl/N-ethyl adjacent to an activating group) is 1. The number of anilines is 1. The number of amides is 4. The van der Waals surface area contributed by atoms with E-state index in [2.05, 4.69) is 20.1 Å². The van der Waals surface area contributed by atoms with E-state index in [1.54, 1.807) is 40.0 Å². The van der Waals surface area contributed by atoms with Crippen LogP contribution in [0.25, 0.3) is 22.0 Å². The highest BCUT2D eigenvalue weighted by Gasteiger charge is 2.62.